The zero-order chi connectivity index (χ0) is 47.9. The molecule has 2 saturated heterocycles. The molecule has 21 nitrogen and oxygen atoms in total. The Morgan fingerprint density at radius 1 is 0.758 bits per heavy atom. The highest BCUT2D eigenvalue weighted by molar-refractivity contribution is 5.78. The van der Waals surface area contributed by atoms with E-state index < -0.39 is 116 Å². The fourth-order valence-corrected chi connectivity index (χ4v) is 7.51. The van der Waals surface area contributed by atoms with Crippen molar-refractivity contribution in [2.75, 3.05) is 20.3 Å². The van der Waals surface area contributed by atoms with E-state index in [1.807, 2.05) is 91.0 Å². The van der Waals surface area contributed by atoms with Gasteiger partial charge in [0.2, 0.25) is 5.79 Å². The largest absolute Gasteiger partial charge is 0.465 e. The molecule has 0 radical (unpaired) electrons. The van der Waals surface area contributed by atoms with Crippen LogP contribution in [0.4, 0.5) is 0 Å². The van der Waals surface area contributed by atoms with E-state index in [-0.39, 0.29) is 19.8 Å². The quantitative estimate of drug-likeness (QED) is 0.0508. The van der Waals surface area contributed by atoms with Gasteiger partial charge in [0, 0.05) is 32.6 Å². The molecule has 2 N–H and O–H groups in total. The average molecular weight is 924 g/mol. The number of aliphatic hydroxyl groups excluding tert-OH is 1. The molecule has 1 unspecified atom stereocenters. The average Bonchev–Trinajstić information content (AvgIpc) is 3.29. The van der Waals surface area contributed by atoms with Crippen molar-refractivity contribution in [2.45, 2.75) is 121 Å². The van der Waals surface area contributed by atoms with Crippen molar-refractivity contribution in [2.24, 2.45) is 5.11 Å². The first kappa shape index (κ1) is 51.0. The molecule has 2 aliphatic heterocycles. The summed E-state index contributed by atoms with van der Waals surface area (Å²) in [6.07, 6.45) is -13.5. The van der Waals surface area contributed by atoms with Gasteiger partial charge in [0.1, 0.15) is 43.2 Å². The molecule has 66 heavy (non-hydrogen) atoms. The predicted molar refractivity (Wildman–Crippen MR) is 224 cm³/mol. The Bertz CT molecular complexity index is 2130. The van der Waals surface area contributed by atoms with Crippen LogP contribution in [0.3, 0.4) is 0 Å². The SMILES string of the molecule is COC(=O)C1(OC[C@H]2O[C@@H](O)[C@H](OCc3ccccc3)[C@@H](OCc3ccccc3)[C@H]2OCc2ccccc2)C[C@H](OC(C)=O)[C@@H](N=[N+]=[N-])[C@@](O)([C@H](OC(C)=O)[C@@H](COC(C)=O)OC(C)=O)O1. The van der Waals surface area contributed by atoms with E-state index in [0.717, 1.165) is 51.5 Å². The van der Waals surface area contributed by atoms with E-state index in [1.165, 1.54) is 0 Å². The first-order valence-corrected chi connectivity index (χ1v) is 20.7. The van der Waals surface area contributed by atoms with Crippen molar-refractivity contribution in [3.63, 3.8) is 0 Å². The third-order valence-corrected chi connectivity index (χ3v) is 10.3. The van der Waals surface area contributed by atoms with Gasteiger partial charge >= 0.3 is 29.8 Å². The number of ether oxygens (including phenoxy) is 11. The number of hydrogen-bond donors (Lipinski definition) is 2. The van der Waals surface area contributed by atoms with E-state index in [0.29, 0.717) is 0 Å². The van der Waals surface area contributed by atoms with Crippen LogP contribution in [0.1, 0.15) is 50.8 Å². The van der Waals surface area contributed by atoms with Crippen LogP contribution >= 0.6 is 0 Å². The summed E-state index contributed by atoms with van der Waals surface area (Å²) in [5, 5.41) is 28.0. The molecule has 2 aliphatic rings. The topological polar surface area (TPSA) is 276 Å². The van der Waals surface area contributed by atoms with Crippen LogP contribution in [-0.4, -0.2) is 127 Å². The Hall–Kier alpha value is -6.00. The molecule has 0 aliphatic carbocycles. The molecule has 2 fully saturated rings. The molecule has 5 rings (SSSR count). The number of azide groups is 1. The van der Waals surface area contributed by atoms with Crippen molar-refractivity contribution in [1.82, 2.24) is 0 Å². The summed E-state index contributed by atoms with van der Waals surface area (Å²) in [6.45, 7) is 2.24. The Morgan fingerprint density at radius 2 is 1.27 bits per heavy atom. The first-order valence-electron chi connectivity index (χ1n) is 20.7. The summed E-state index contributed by atoms with van der Waals surface area (Å²) < 4.78 is 64.4. The summed E-state index contributed by atoms with van der Waals surface area (Å²) in [6, 6.07) is 25.3. The van der Waals surface area contributed by atoms with Crippen LogP contribution in [0.15, 0.2) is 96.1 Å². The van der Waals surface area contributed by atoms with E-state index in [1.54, 1.807) is 0 Å². The Kier molecular flexibility index (Phi) is 18.5. The summed E-state index contributed by atoms with van der Waals surface area (Å²) in [5.74, 6) is -11.7. The second-order valence-corrected chi connectivity index (χ2v) is 15.2. The van der Waals surface area contributed by atoms with Crippen LogP contribution in [0.2, 0.25) is 0 Å². The zero-order valence-corrected chi connectivity index (χ0v) is 36.9. The van der Waals surface area contributed by atoms with Gasteiger partial charge in [0.05, 0.1) is 40.0 Å². The van der Waals surface area contributed by atoms with Gasteiger partial charge in [-0.1, -0.05) is 96.1 Å². The molecule has 3 aromatic rings. The summed E-state index contributed by atoms with van der Waals surface area (Å²) in [7, 11) is 0.941. The highest BCUT2D eigenvalue weighted by atomic mass is 16.8. The maximum atomic E-state index is 14.1. The number of esters is 5. The molecule has 0 spiro atoms. The maximum Gasteiger partial charge on any atom is 0.366 e. The van der Waals surface area contributed by atoms with Crippen LogP contribution in [0, 0.1) is 0 Å². The molecule has 3 aromatic carbocycles. The molecular formula is C45H53N3O18. The van der Waals surface area contributed by atoms with Gasteiger partial charge in [-0.2, -0.15) is 0 Å². The minimum atomic E-state index is -3.33. The fraction of sp³-hybridized carbons (Fsp3) is 0.489. The lowest BCUT2D eigenvalue weighted by molar-refractivity contribution is -0.409. The fourth-order valence-electron chi connectivity index (χ4n) is 7.51. The third kappa shape index (κ3) is 13.5. The van der Waals surface area contributed by atoms with Gasteiger partial charge in [-0.15, -0.1) is 0 Å². The smallest absolute Gasteiger partial charge is 0.366 e. The van der Waals surface area contributed by atoms with Crippen LogP contribution in [0.5, 0.6) is 0 Å². The number of hydrogen-bond acceptors (Lipinski definition) is 19. The van der Waals surface area contributed by atoms with E-state index in [4.69, 9.17) is 52.1 Å². The number of aliphatic hydroxyl groups is 2. The molecule has 21 heteroatoms. The molecule has 0 bridgehead atoms. The molecular weight excluding hydrogens is 870 g/mol. The van der Waals surface area contributed by atoms with Crippen molar-refractivity contribution >= 4 is 29.8 Å². The number of nitrogens with zero attached hydrogens (tertiary/aromatic N) is 3. The Balaban J connectivity index is 1.60. The highest BCUT2D eigenvalue weighted by Gasteiger charge is 2.67. The van der Waals surface area contributed by atoms with Crippen molar-refractivity contribution in [1.29, 1.82) is 0 Å². The van der Waals surface area contributed by atoms with E-state index in [2.05, 4.69) is 10.0 Å². The van der Waals surface area contributed by atoms with Gasteiger partial charge < -0.3 is 62.3 Å². The number of methoxy groups -OCH3 is 1. The first-order chi connectivity index (χ1) is 31.6. The van der Waals surface area contributed by atoms with E-state index in [9.17, 15) is 39.7 Å². The molecule has 2 heterocycles. The standard InChI is InChI=1S/C45H53N3O18/c1-27(49)57-25-36(63-29(3)51)41(64-30(4)52)45(55)40(47-48-46)34(62-28(2)50)21-44(66-45,43(54)56-5)61-26-35-37(58-22-31-15-9-6-10-16-31)38(59-23-32-17-11-7-12-18-32)39(42(53)65-35)60-24-33-19-13-8-14-20-33/h6-20,34-42,53,55H,21-26H2,1-5H3/t34-,35+,36+,37-,38-,39+,40+,41+,42+,44?,45-/m0/s1. The van der Waals surface area contributed by atoms with Gasteiger partial charge in [-0.3, -0.25) is 19.2 Å². The zero-order valence-electron chi connectivity index (χ0n) is 36.9. The number of carbonyl (C=O) groups excluding carboxylic acids is 5. The van der Waals surface area contributed by atoms with Crippen molar-refractivity contribution < 1.29 is 86.3 Å². The summed E-state index contributed by atoms with van der Waals surface area (Å²) >= 11 is 0. The Labute approximate surface area is 379 Å². The van der Waals surface area contributed by atoms with E-state index >= 15 is 0 Å². The van der Waals surface area contributed by atoms with Gasteiger partial charge in [0.25, 0.3) is 5.79 Å². The van der Waals surface area contributed by atoms with Crippen molar-refractivity contribution in [3.05, 3.63) is 118 Å². The molecule has 0 amide bonds. The molecule has 11 atom stereocenters. The second kappa shape index (κ2) is 24.0. The second-order valence-electron chi connectivity index (χ2n) is 15.2. The Morgan fingerprint density at radius 3 is 1.74 bits per heavy atom. The van der Waals surface area contributed by atoms with Crippen LogP contribution in [0.25, 0.3) is 10.4 Å². The predicted octanol–water partition coefficient (Wildman–Crippen LogP) is 3.49. The van der Waals surface area contributed by atoms with Crippen molar-refractivity contribution in [3.8, 4) is 0 Å². The number of benzene rings is 3. The molecule has 0 saturated carbocycles. The lowest BCUT2D eigenvalue weighted by Gasteiger charge is -2.52. The number of carbonyl (C=O) groups is 5. The highest BCUT2D eigenvalue weighted by Crippen LogP contribution is 2.44. The van der Waals surface area contributed by atoms with Crippen LogP contribution in [-0.2, 0) is 95.9 Å². The van der Waals surface area contributed by atoms with Crippen LogP contribution < -0.4 is 0 Å². The minimum Gasteiger partial charge on any atom is -0.465 e. The molecule has 356 valence electrons. The molecule has 0 aromatic heterocycles. The maximum absolute atomic E-state index is 14.1. The normalized spacial score (nSPS) is 26.9. The monoisotopic (exact) mass is 923 g/mol. The minimum absolute atomic E-state index is 0.0175. The summed E-state index contributed by atoms with van der Waals surface area (Å²) in [4.78, 5) is 66.6. The number of rotatable bonds is 21. The lowest BCUT2D eigenvalue weighted by atomic mass is 9.85. The van der Waals surface area contributed by atoms with Gasteiger partial charge in [-0.25, -0.2) is 4.79 Å². The van der Waals surface area contributed by atoms with Gasteiger partial charge in [0.15, 0.2) is 18.5 Å². The summed E-state index contributed by atoms with van der Waals surface area (Å²) in [5.41, 5.74) is 12.0. The third-order valence-electron chi connectivity index (χ3n) is 10.3. The van der Waals surface area contributed by atoms with Gasteiger partial charge in [-0.05, 0) is 22.2 Å². The lowest BCUT2D eigenvalue weighted by Crippen LogP contribution is -2.72.